The highest BCUT2D eigenvalue weighted by Crippen LogP contribution is 2.28. The quantitative estimate of drug-likeness (QED) is 0.790. The number of likely N-dealkylation sites (N-methyl/N-ethyl adjacent to an activating group) is 1. The van der Waals surface area contributed by atoms with Crippen LogP contribution in [0.25, 0.3) is 0 Å². The van der Waals surface area contributed by atoms with Crippen molar-refractivity contribution in [1.82, 2.24) is 4.31 Å². The molecule has 0 aliphatic rings. The summed E-state index contributed by atoms with van der Waals surface area (Å²) in [5, 5.41) is 18.2. The maximum absolute atomic E-state index is 12.2. The Morgan fingerprint density at radius 3 is 2.58 bits per heavy atom. The molecule has 0 heterocycles. The number of benzene rings is 1. The average Bonchev–Trinajstić information content (AvgIpc) is 2.38. The lowest BCUT2D eigenvalue weighted by atomic mass is 10.3. The average molecular weight is 310 g/mol. The normalized spacial score (nSPS) is 13.6. The van der Waals surface area contributed by atoms with Crippen LogP contribution in [0.4, 0.5) is 0 Å². The van der Waals surface area contributed by atoms with Gasteiger partial charge in [-0.05, 0) is 18.2 Å². The molecule has 0 saturated heterocycles. The van der Waals surface area contributed by atoms with E-state index in [1.54, 1.807) is 0 Å². The van der Waals surface area contributed by atoms with Crippen molar-refractivity contribution in [2.45, 2.75) is 11.0 Å². The maximum atomic E-state index is 12.2. The number of halogens is 1. The van der Waals surface area contributed by atoms with Gasteiger partial charge in [-0.2, -0.15) is 4.31 Å². The van der Waals surface area contributed by atoms with E-state index in [2.05, 4.69) is 0 Å². The van der Waals surface area contributed by atoms with Gasteiger partial charge in [0.1, 0.15) is 5.75 Å². The molecule has 0 amide bonds. The summed E-state index contributed by atoms with van der Waals surface area (Å²) in [5.41, 5.74) is 0. The van der Waals surface area contributed by atoms with Crippen LogP contribution in [-0.4, -0.2) is 56.3 Å². The van der Waals surface area contributed by atoms with Crippen LogP contribution in [0.5, 0.6) is 5.75 Å². The van der Waals surface area contributed by atoms with Crippen molar-refractivity contribution in [3.8, 4) is 5.75 Å². The fourth-order valence-corrected chi connectivity index (χ4v) is 3.00. The standard InChI is InChI=1S/C11H16ClNO5S/c1-13(6-8(15)7-14)19(16,17)9-3-4-11(18-2)10(12)5-9/h3-5,8,14-15H,6-7H2,1-2H3. The molecule has 108 valence electrons. The van der Waals surface area contributed by atoms with Crippen LogP contribution in [0, 0.1) is 0 Å². The molecule has 8 heteroatoms. The van der Waals surface area contributed by atoms with E-state index in [4.69, 9.17) is 21.4 Å². The van der Waals surface area contributed by atoms with E-state index in [0.717, 1.165) is 4.31 Å². The molecule has 0 aliphatic heterocycles. The van der Waals surface area contributed by atoms with Crippen LogP contribution in [0.15, 0.2) is 23.1 Å². The minimum Gasteiger partial charge on any atom is -0.495 e. The van der Waals surface area contributed by atoms with Gasteiger partial charge in [0.2, 0.25) is 10.0 Å². The summed E-state index contributed by atoms with van der Waals surface area (Å²) < 4.78 is 30.2. The zero-order valence-electron chi connectivity index (χ0n) is 10.6. The molecule has 19 heavy (non-hydrogen) atoms. The second-order valence-corrected chi connectivity index (χ2v) is 6.37. The first-order valence-corrected chi connectivity index (χ1v) is 7.23. The summed E-state index contributed by atoms with van der Waals surface area (Å²) in [7, 11) is -1.03. The molecule has 6 nitrogen and oxygen atoms in total. The van der Waals surface area contributed by atoms with Crippen LogP contribution in [-0.2, 0) is 10.0 Å². The number of sulfonamides is 1. The van der Waals surface area contributed by atoms with Gasteiger partial charge in [0.15, 0.2) is 0 Å². The Morgan fingerprint density at radius 1 is 1.47 bits per heavy atom. The van der Waals surface area contributed by atoms with Crippen LogP contribution < -0.4 is 4.74 Å². The number of ether oxygens (including phenoxy) is 1. The second-order valence-electron chi connectivity index (χ2n) is 3.92. The monoisotopic (exact) mass is 309 g/mol. The topological polar surface area (TPSA) is 87.1 Å². The van der Waals surface area contributed by atoms with Gasteiger partial charge in [-0.3, -0.25) is 0 Å². The van der Waals surface area contributed by atoms with E-state index >= 15 is 0 Å². The third-order valence-corrected chi connectivity index (χ3v) is 4.62. The molecular weight excluding hydrogens is 294 g/mol. The summed E-state index contributed by atoms with van der Waals surface area (Å²) in [5.74, 6) is 0.374. The van der Waals surface area contributed by atoms with Gasteiger partial charge in [0.05, 0.1) is 29.7 Å². The predicted octanol–water partition coefficient (Wildman–Crippen LogP) is 0.322. The Hall–Kier alpha value is -0.860. The number of methoxy groups -OCH3 is 1. The van der Waals surface area contributed by atoms with Crippen LogP contribution in [0.1, 0.15) is 0 Å². The van der Waals surface area contributed by atoms with E-state index in [0.29, 0.717) is 5.75 Å². The minimum atomic E-state index is -3.77. The van der Waals surface area contributed by atoms with Crippen LogP contribution in [0.2, 0.25) is 5.02 Å². The van der Waals surface area contributed by atoms with Gasteiger partial charge in [-0.25, -0.2) is 8.42 Å². The first-order chi connectivity index (χ1) is 8.82. The van der Waals surface area contributed by atoms with Gasteiger partial charge >= 0.3 is 0 Å². The Bertz CT molecular complexity index is 534. The number of aliphatic hydroxyl groups excluding tert-OH is 2. The molecule has 1 aromatic carbocycles. The van der Waals surface area contributed by atoms with Gasteiger partial charge in [-0.1, -0.05) is 11.6 Å². The number of aliphatic hydroxyl groups is 2. The number of hydrogen-bond acceptors (Lipinski definition) is 5. The van der Waals surface area contributed by atoms with Crippen molar-refractivity contribution >= 4 is 21.6 Å². The van der Waals surface area contributed by atoms with E-state index in [9.17, 15) is 13.5 Å². The Morgan fingerprint density at radius 2 is 2.11 bits per heavy atom. The molecule has 1 rings (SSSR count). The van der Waals surface area contributed by atoms with E-state index in [-0.39, 0.29) is 16.5 Å². The fraction of sp³-hybridized carbons (Fsp3) is 0.455. The van der Waals surface area contributed by atoms with Crippen LogP contribution >= 0.6 is 11.6 Å². The van der Waals surface area contributed by atoms with E-state index in [1.807, 2.05) is 0 Å². The van der Waals surface area contributed by atoms with Crippen LogP contribution in [0.3, 0.4) is 0 Å². The smallest absolute Gasteiger partial charge is 0.242 e. The van der Waals surface area contributed by atoms with Crippen molar-refractivity contribution in [1.29, 1.82) is 0 Å². The van der Waals surface area contributed by atoms with Crippen molar-refractivity contribution in [2.75, 3.05) is 27.3 Å². The van der Waals surface area contributed by atoms with E-state index < -0.39 is 22.7 Å². The molecule has 0 aromatic heterocycles. The van der Waals surface area contributed by atoms with Gasteiger partial charge in [-0.15, -0.1) is 0 Å². The lowest BCUT2D eigenvalue weighted by Crippen LogP contribution is -2.35. The molecule has 0 spiro atoms. The first kappa shape index (κ1) is 16.2. The lowest BCUT2D eigenvalue weighted by Gasteiger charge is -2.19. The third-order valence-electron chi connectivity index (χ3n) is 2.51. The number of rotatable bonds is 6. The molecule has 0 fully saturated rings. The predicted molar refractivity (Wildman–Crippen MR) is 70.9 cm³/mol. The van der Waals surface area contributed by atoms with Gasteiger partial charge in [0, 0.05) is 13.6 Å². The SMILES string of the molecule is COc1ccc(S(=O)(=O)N(C)CC(O)CO)cc1Cl. The highest BCUT2D eigenvalue weighted by molar-refractivity contribution is 7.89. The van der Waals surface area contributed by atoms with Gasteiger partial charge in [0.25, 0.3) is 0 Å². The fourth-order valence-electron chi connectivity index (χ4n) is 1.44. The maximum Gasteiger partial charge on any atom is 0.242 e. The number of hydrogen-bond donors (Lipinski definition) is 2. The zero-order chi connectivity index (χ0) is 14.6. The minimum absolute atomic E-state index is 0.00839. The summed E-state index contributed by atoms with van der Waals surface area (Å²) in [6.07, 6.45) is -1.13. The van der Waals surface area contributed by atoms with Crippen molar-refractivity contribution in [3.05, 3.63) is 23.2 Å². The summed E-state index contributed by atoms with van der Waals surface area (Å²) in [6.45, 7) is -0.717. The Kier molecular flexibility index (Phi) is 5.57. The first-order valence-electron chi connectivity index (χ1n) is 5.41. The third kappa shape index (κ3) is 3.80. The molecule has 0 saturated carbocycles. The number of nitrogens with zero attached hydrogens (tertiary/aromatic N) is 1. The Labute approximate surface area is 117 Å². The highest BCUT2D eigenvalue weighted by Gasteiger charge is 2.23. The van der Waals surface area contributed by atoms with Crippen molar-refractivity contribution in [3.63, 3.8) is 0 Å². The summed E-state index contributed by atoms with van der Waals surface area (Å²) in [4.78, 5) is -0.00839. The molecule has 1 unspecified atom stereocenters. The van der Waals surface area contributed by atoms with Crippen molar-refractivity contribution < 1.29 is 23.4 Å². The summed E-state index contributed by atoms with van der Waals surface area (Å²) >= 11 is 5.88. The van der Waals surface area contributed by atoms with E-state index in [1.165, 1.54) is 32.4 Å². The van der Waals surface area contributed by atoms with Crippen molar-refractivity contribution in [2.24, 2.45) is 0 Å². The molecular formula is C11H16ClNO5S. The highest BCUT2D eigenvalue weighted by atomic mass is 35.5. The molecule has 0 radical (unpaired) electrons. The molecule has 0 aliphatic carbocycles. The largest absolute Gasteiger partial charge is 0.495 e. The Balaban J connectivity index is 3.03. The lowest BCUT2D eigenvalue weighted by molar-refractivity contribution is 0.0826. The molecule has 0 bridgehead atoms. The second kappa shape index (κ2) is 6.53. The zero-order valence-corrected chi connectivity index (χ0v) is 12.1. The molecule has 2 N–H and O–H groups in total. The van der Waals surface area contributed by atoms with Gasteiger partial charge < -0.3 is 14.9 Å². The molecule has 1 atom stereocenters. The summed E-state index contributed by atoms with van der Waals surface area (Å²) in [6, 6.07) is 4.09. The molecule has 1 aromatic rings.